The second-order valence-electron chi connectivity index (χ2n) is 8.05. The van der Waals surface area contributed by atoms with Crippen molar-refractivity contribution in [3.63, 3.8) is 0 Å². The van der Waals surface area contributed by atoms with Crippen molar-refractivity contribution in [3.8, 4) is 0 Å². The Labute approximate surface area is 167 Å². The van der Waals surface area contributed by atoms with E-state index in [2.05, 4.69) is 40.6 Å². The Bertz CT molecular complexity index is 935. The lowest BCUT2D eigenvalue weighted by molar-refractivity contribution is 0.194. The Morgan fingerprint density at radius 1 is 1.07 bits per heavy atom. The molecule has 0 radical (unpaired) electrons. The predicted octanol–water partition coefficient (Wildman–Crippen LogP) is 5.23. The second kappa shape index (κ2) is 8.79. The molecule has 28 heavy (non-hydrogen) atoms. The smallest absolute Gasteiger partial charge is 0.318 e. The Kier molecular flexibility index (Phi) is 6.19. The number of carbonyl (C=O) groups excluding carboxylic acids is 1. The summed E-state index contributed by atoms with van der Waals surface area (Å²) in [4.78, 5) is 18.0. The van der Waals surface area contributed by atoms with Gasteiger partial charge in [0.2, 0.25) is 0 Å². The summed E-state index contributed by atoms with van der Waals surface area (Å²) >= 11 is 0. The van der Waals surface area contributed by atoms with Crippen molar-refractivity contribution in [2.24, 2.45) is 0 Å². The Morgan fingerprint density at radius 3 is 2.54 bits per heavy atom. The van der Waals surface area contributed by atoms with Crippen molar-refractivity contribution in [1.82, 2.24) is 15.2 Å². The molecule has 0 saturated carbocycles. The number of H-pyrrole nitrogens is 1. The number of carbonyl (C=O) groups is 1. The van der Waals surface area contributed by atoms with E-state index in [0.29, 0.717) is 13.1 Å². The molecule has 0 aliphatic carbocycles. The fourth-order valence-electron chi connectivity index (χ4n) is 3.15. The van der Waals surface area contributed by atoms with Gasteiger partial charge in [-0.05, 0) is 44.4 Å². The van der Waals surface area contributed by atoms with E-state index in [-0.39, 0.29) is 11.6 Å². The average Bonchev–Trinajstić information content (AvgIpc) is 3.07. The van der Waals surface area contributed by atoms with E-state index in [1.165, 1.54) is 10.9 Å². The molecule has 0 saturated heterocycles. The van der Waals surface area contributed by atoms with Crippen LogP contribution in [0.2, 0.25) is 0 Å². The number of hydrogen-bond acceptors (Lipinski definition) is 1. The van der Waals surface area contributed by atoms with E-state index in [1.54, 1.807) is 0 Å². The van der Waals surface area contributed by atoms with Crippen LogP contribution in [0, 0.1) is 0 Å². The van der Waals surface area contributed by atoms with Gasteiger partial charge in [0.1, 0.15) is 0 Å². The van der Waals surface area contributed by atoms with Crippen LogP contribution in [-0.2, 0) is 6.42 Å². The molecule has 0 bridgehead atoms. The van der Waals surface area contributed by atoms with Crippen LogP contribution in [0.15, 0.2) is 66.9 Å². The average molecular weight is 376 g/mol. The van der Waals surface area contributed by atoms with Gasteiger partial charge in [-0.3, -0.25) is 0 Å². The minimum absolute atomic E-state index is 0.0370. The van der Waals surface area contributed by atoms with Gasteiger partial charge in [-0.1, -0.05) is 60.7 Å². The van der Waals surface area contributed by atoms with Crippen LogP contribution >= 0.6 is 0 Å². The van der Waals surface area contributed by atoms with Gasteiger partial charge in [-0.15, -0.1) is 0 Å². The lowest BCUT2D eigenvalue weighted by Gasteiger charge is -2.27. The molecule has 0 spiro atoms. The molecule has 2 aromatic carbocycles. The highest BCUT2D eigenvalue weighted by atomic mass is 16.2. The summed E-state index contributed by atoms with van der Waals surface area (Å²) < 4.78 is 0. The summed E-state index contributed by atoms with van der Waals surface area (Å²) in [5.41, 5.74) is 3.23. The normalized spacial score (nSPS) is 11.8. The first-order valence-corrected chi connectivity index (χ1v) is 9.76. The van der Waals surface area contributed by atoms with E-state index in [0.717, 1.165) is 17.5 Å². The number of fused-ring (bicyclic) bond motifs is 1. The van der Waals surface area contributed by atoms with Gasteiger partial charge in [-0.2, -0.15) is 0 Å². The summed E-state index contributed by atoms with van der Waals surface area (Å²) in [5.74, 6) is 0. The zero-order valence-electron chi connectivity index (χ0n) is 16.9. The molecule has 2 amide bonds. The Morgan fingerprint density at radius 2 is 1.79 bits per heavy atom. The summed E-state index contributed by atoms with van der Waals surface area (Å²) in [7, 11) is 0. The molecule has 1 aromatic heterocycles. The molecule has 0 aliphatic rings. The third-order valence-corrected chi connectivity index (χ3v) is 4.53. The first-order valence-electron chi connectivity index (χ1n) is 9.76. The largest absolute Gasteiger partial charge is 0.361 e. The summed E-state index contributed by atoms with van der Waals surface area (Å²) in [6.45, 7) is 7.23. The van der Waals surface area contributed by atoms with Gasteiger partial charge in [0.25, 0.3) is 0 Å². The molecule has 3 aromatic rings. The number of nitrogens with zero attached hydrogens (tertiary/aromatic N) is 1. The molecule has 3 rings (SSSR count). The molecule has 4 heteroatoms. The number of para-hydroxylation sites is 1. The number of amides is 2. The van der Waals surface area contributed by atoms with Crippen LogP contribution in [0.25, 0.3) is 17.0 Å². The van der Waals surface area contributed by atoms with E-state index in [1.807, 2.05) is 68.3 Å². The first-order chi connectivity index (χ1) is 13.4. The van der Waals surface area contributed by atoms with Crippen molar-refractivity contribution in [2.45, 2.75) is 32.7 Å². The summed E-state index contributed by atoms with van der Waals surface area (Å²) in [6.07, 6.45) is 6.96. The maximum Gasteiger partial charge on any atom is 0.318 e. The number of hydrogen-bond donors (Lipinski definition) is 2. The summed E-state index contributed by atoms with van der Waals surface area (Å²) in [5, 5.41) is 4.30. The molecule has 146 valence electrons. The maximum absolute atomic E-state index is 12.8. The number of urea groups is 1. The number of aromatic nitrogens is 1. The van der Waals surface area contributed by atoms with Crippen molar-refractivity contribution < 1.29 is 4.79 Å². The fourth-order valence-corrected chi connectivity index (χ4v) is 3.15. The van der Waals surface area contributed by atoms with E-state index < -0.39 is 0 Å². The zero-order valence-corrected chi connectivity index (χ0v) is 16.9. The van der Waals surface area contributed by atoms with Crippen LogP contribution in [-0.4, -0.2) is 34.5 Å². The van der Waals surface area contributed by atoms with E-state index >= 15 is 0 Å². The number of nitrogens with one attached hydrogen (secondary N) is 2. The van der Waals surface area contributed by atoms with Crippen molar-refractivity contribution in [2.75, 3.05) is 13.1 Å². The van der Waals surface area contributed by atoms with E-state index in [4.69, 9.17) is 0 Å². The number of benzene rings is 2. The van der Waals surface area contributed by atoms with Crippen LogP contribution in [0.5, 0.6) is 0 Å². The van der Waals surface area contributed by atoms with Crippen LogP contribution in [0.4, 0.5) is 4.79 Å². The van der Waals surface area contributed by atoms with Crippen molar-refractivity contribution >= 4 is 23.0 Å². The van der Waals surface area contributed by atoms with Gasteiger partial charge in [0.15, 0.2) is 0 Å². The standard InChI is InChI=1S/C24H29N3O/c1-24(2,3)26-23(28)27(16-9-12-19-10-5-4-6-11-19)17-15-20-18-25-22-14-8-7-13-21(20)22/h4-14,18,25H,15-17H2,1-3H3,(H,26,28)/b12-9+. The second-order valence-corrected chi connectivity index (χ2v) is 8.05. The van der Waals surface area contributed by atoms with Gasteiger partial charge < -0.3 is 15.2 Å². The van der Waals surface area contributed by atoms with Crippen molar-refractivity contribution in [1.29, 1.82) is 0 Å². The Hall–Kier alpha value is -3.01. The minimum Gasteiger partial charge on any atom is -0.361 e. The molecule has 0 unspecified atom stereocenters. The van der Waals surface area contributed by atoms with Gasteiger partial charge in [-0.25, -0.2) is 4.79 Å². The molecule has 0 atom stereocenters. The number of aromatic amines is 1. The quantitative estimate of drug-likeness (QED) is 0.608. The molecule has 4 nitrogen and oxygen atoms in total. The van der Waals surface area contributed by atoms with E-state index in [9.17, 15) is 4.79 Å². The van der Waals surface area contributed by atoms with Gasteiger partial charge in [0.05, 0.1) is 0 Å². The topological polar surface area (TPSA) is 48.1 Å². The molecule has 2 N–H and O–H groups in total. The van der Waals surface area contributed by atoms with Crippen molar-refractivity contribution in [3.05, 3.63) is 78.0 Å². The Balaban J connectivity index is 1.70. The highest BCUT2D eigenvalue weighted by Gasteiger charge is 2.19. The van der Waals surface area contributed by atoms with Gasteiger partial charge >= 0.3 is 6.03 Å². The molecule has 0 aliphatic heterocycles. The SMILES string of the molecule is CC(C)(C)NC(=O)N(C/C=C/c1ccccc1)CCc1c[nH]c2ccccc12. The third kappa shape index (κ3) is 5.49. The van der Waals surface area contributed by atoms with Crippen LogP contribution in [0.3, 0.4) is 0 Å². The predicted molar refractivity (Wildman–Crippen MR) is 117 cm³/mol. The highest BCUT2D eigenvalue weighted by molar-refractivity contribution is 5.83. The lowest BCUT2D eigenvalue weighted by atomic mass is 10.1. The maximum atomic E-state index is 12.8. The third-order valence-electron chi connectivity index (χ3n) is 4.53. The molecule has 0 fully saturated rings. The zero-order chi connectivity index (χ0) is 20.0. The monoisotopic (exact) mass is 375 g/mol. The van der Waals surface area contributed by atoms with Crippen LogP contribution < -0.4 is 5.32 Å². The molecular formula is C24H29N3O. The minimum atomic E-state index is -0.265. The summed E-state index contributed by atoms with van der Waals surface area (Å²) in [6, 6.07) is 18.4. The highest BCUT2D eigenvalue weighted by Crippen LogP contribution is 2.18. The first kappa shape index (κ1) is 19.7. The molecule has 1 heterocycles. The molecular weight excluding hydrogens is 346 g/mol. The van der Waals surface area contributed by atoms with Crippen LogP contribution in [0.1, 0.15) is 31.9 Å². The fraction of sp³-hybridized carbons (Fsp3) is 0.292. The number of rotatable bonds is 6. The lowest BCUT2D eigenvalue weighted by Crippen LogP contribution is -2.49. The van der Waals surface area contributed by atoms with Gasteiger partial charge in [0, 0.05) is 35.7 Å².